The summed E-state index contributed by atoms with van der Waals surface area (Å²) in [6, 6.07) is 82.8. The standard InChI is InChI=1S/C58H38N2O/c1-2-14-45(15-3-1)60-54-21-8-6-17-50(54)53-38-44(32-37-55(53)60)41-26-24-39(25-27-41)40-28-33-46(34-29-40)59(56-22-11-20-52-51-18-7-9-23-57(51)61-58(52)56)47-35-30-43(31-36-47)49-19-10-13-42-12-4-5-16-48(42)49/h1-38H. The molecule has 0 amide bonds. The number of fused-ring (bicyclic) bond motifs is 7. The highest BCUT2D eigenvalue weighted by molar-refractivity contribution is 6.11. The number of benzene rings is 10. The van der Waals surface area contributed by atoms with E-state index in [0.29, 0.717) is 0 Å². The molecule has 0 bridgehead atoms. The van der Waals surface area contributed by atoms with Gasteiger partial charge in [0.15, 0.2) is 5.58 Å². The van der Waals surface area contributed by atoms with Crippen LogP contribution in [0.2, 0.25) is 0 Å². The Morgan fingerprint density at radius 1 is 0.344 bits per heavy atom. The van der Waals surface area contributed by atoms with E-state index in [2.05, 4.69) is 228 Å². The first-order chi connectivity index (χ1) is 30.2. The van der Waals surface area contributed by atoms with Crippen molar-refractivity contribution in [3.05, 3.63) is 231 Å². The molecule has 0 aliphatic rings. The molecule has 0 atom stereocenters. The molecule has 0 unspecified atom stereocenters. The summed E-state index contributed by atoms with van der Waals surface area (Å²) in [5.74, 6) is 0. The van der Waals surface area contributed by atoms with Gasteiger partial charge in [0.25, 0.3) is 0 Å². The van der Waals surface area contributed by atoms with E-state index >= 15 is 0 Å². The zero-order chi connectivity index (χ0) is 40.3. The highest BCUT2D eigenvalue weighted by Gasteiger charge is 2.20. The number of anilines is 3. The maximum Gasteiger partial charge on any atom is 0.159 e. The Morgan fingerprint density at radius 3 is 1.66 bits per heavy atom. The van der Waals surface area contributed by atoms with E-state index in [1.807, 2.05) is 12.1 Å². The fraction of sp³-hybridized carbons (Fsp3) is 0. The summed E-state index contributed by atoms with van der Waals surface area (Å²) in [6.45, 7) is 0. The third-order valence-electron chi connectivity index (χ3n) is 12.2. The average molecular weight is 779 g/mol. The highest BCUT2D eigenvalue weighted by Crippen LogP contribution is 2.43. The molecule has 2 heterocycles. The Balaban J connectivity index is 0.903. The number of rotatable bonds is 7. The summed E-state index contributed by atoms with van der Waals surface area (Å²) in [5, 5.41) is 7.21. The summed E-state index contributed by atoms with van der Waals surface area (Å²) in [6.07, 6.45) is 0. The van der Waals surface area contributed by atoms with Crippen LogP contribution in [0.4, 0.5) is 17.1 Å². The molecular weight excluding hydrogens is 741 g/mol. The Hall–Kier alpha value is -8.14. The smallest absolute Gasteiger partial charge is 0.159 e. The van der Waals surface area contributed by atoms with E-state index in [0.717, 1.165) is 44.6 Å². The second-order valence-corrected chi connectivity index (χ2v) is 15.7. The Labute approximate surface area is 353 Å². The molecule has 12 rings (SSSR count). The minimum Gasteiger partial charge on any atom is -0.454 e. The third kappa shape index (κ3) is 5.90. The molecule has 286 valence electrons. The number of hydrogen-bond donors (Lipinski definition) is 0. The van der Waals surface area contributed by atoms with E-state index in [1.165, 1.54) is 66.1 Å². The largest absolute Gasteiger partial charge is 0.454 e. The summed E-state index contributed by atoms with van der Waals surface area (Å²) in [4.78, 5) is 2.31. The first-order valence-electron chi connectivity index (χ1n) is 20.8. The van der Waals surface area contributed by atoms with E-state index in [1.54, 1.807) is 0 Å². The van der Waals surface area contributed by atoms with Gasteiger partial charge in [0, 0.05) is 38.6 Å². The highest BCUT2D eigenvalue weighted by atomic mass is 16.3. The third-order valence-corrected chi connectivity index (χ3v) is 12.2. The fourth-order valence-electron chi connectivity index (χ4n) is 9.27. The van der Waals surface area contributed by atoms with Crippen molar-refractivity contribution >= 4 is 71.6 Å². The van der Waals surface area contributed by atoms with Crippen molar-refractivity contribution in [2.45, 2.75) is 0 Å². The van der Waals surface area contributed by atoms with Crippen molar-refractivity contribution in [1.82, 2.24) is 4.57 Å². The summed E-state index contributed by atoms with van der Waals surface area (Å²) in [7, 11) is 0. The van der Waals surface area contributed by atoms with Crippen LogP contribution < -0.4 is 4.90 Å². The van der Waals surface area contributed by atoms with E-state index < -0.39 is 0 Å². The first kappa shape index (κ1) is 34.9. The first-order valence-corrected chi connectivity index (χ1v) is 20.8. The van der Waals surface area contributed by atoms with Crippen LogP contribution in [0.1, 0.15) is 0 Å². The number of para-hydroxylation sites is 4. The summed E-state index contributed by atoms with van der Waals surface area (Å²) >= 11 is 0. The molecule has 0 radical (unpaired) electrons. The number of furan rings is 1. The van der Waals surface area contributed by atoms with Crippen LogP contribution in [0.25, 0.3) is 93.6 Å². The van der Waals surface area contributed by atoms with Crippen molar-refractivity contribution in [1.29, 1.82) is 0 Å². The molecule has 0 spiro atoms. The van der Waals surface area contributed by atoms with Crippen molar-refractivity contribution in [2.75, 3.05) is 4.90 Å². The van der Waals surface area contributed by atoms with E-state index in [-0.39, 0.29) is 0 Å². The average Bonchev–Trinajstić information content (AvgIpc) is 3.88. The molecule has 0 aliphatic heterocycles. The molecule has 12 aromatic rings. The molecule has 61 heavy (non-hydrogen) atoms. The van der Waals surface area contributed by atoms with Gasteiger partial charge in [0.1, 0.15) is 5.58 Å². The van der Waals surface area contributed by atoms with Crippen LogP contribution in [-0.4, -0.2) is 4.57 Å². The molecule has 2 aromatic heterocycles. The summed E-state index contributed by atoms with van der Waals surface area (Å²) < 4.78 is 8.97. The predicted octanol–water partition coefficient (Wildman–Crippen LogP) is 16.3. The SMILES string of the molecule is c1ccc(-n2c3ccccc3c3cc(-c4ccc(-c5ccc(N(c6ccc(-c7cccc8ccccc78)cc6)c6cccc7c6oc6ccccc67)cc5)cc4)ccc32)cc1. The maximum atomic E-state index is 6.61. The topological polar surface area (TPSA) is 21.3 Å². The van der Waals surface area contributed by atoms with Gasteiger partial charge in [-0.1, -0.05) is 164 Å². The van der Waals surface area contributed by atoms with Gasteiger partial charge in [0.05, 0.1) is 16.7 Å². The second kappa shape index (κ2) is 14.3. The lowest BCUT2D eigenvalue weighted by Crippen LogP contribution is -2.10. The summed E-state index contributed by atoms with van der Waals surface area (Å²) in [5.41, 5.74) is 15.6. The monoisotopic (exact) mass is 778 g/mol. The number of hydrogen-bond acceptors (Lipinski definition) is 2. The van der Waals surface area contributed by atoms with Crippen LogP contribution in [-0.2, 0) is 0 Å². The predicted molar refractivity (Wildman–Crippen MR) is 257 cm³/mol. The minimum atomic E-state index is 0.865. The van der Waals surface area contributed by atoms with Crippen molar-refractivity contribution < 1.29 is 4.42 Å². The van der Waals surface area contributed by atoms with Gasteiger partial charge in [0.2, 0.25) is 0 Å². The van der Waals surface area contributed by atoms with Crippen LogP contribution in [0.3, 0.4) is 0 Å². The van der Waals surface area contributed by atoms with Crippen molar-refractivity contribution in [2.24, 2.45) is 0 Å². The van der Waals surface area contributed by atoms with Gasteiger partial charge < -0.3 is 13.9 Å². The van der Waals surface area contributed by atoms with Crippen molar-refractivity contribution in [3.63, 3.8) is 0 Å². The Morgan fingerprint density at radius 2 is 0.885 bits per heavy atom. The molecule has 0 fully saturated rings. The lowest BCUT2D eigenvalue weighted by molar-refractivity contribution is 0.669. The van der Waals surface area contributed by atoms with Gasteiger partial charge in [-0.05, 0) is 111 Å². The molecule has 0 N–H and O–H groups in total. The lowest BCUT2D eigenvalue weighted by atomic mass is 9.98. The molecule has 0 aliphatic carbocycles. The lowest BCUT2D eigenvalue weighted by Gasteiger charge is -2.26. The van der Waals surface area contributed by atoms with Crippen LogP contribution in [0.15, 0.2) is 235 Å². The fourth-order valence-corrected chi connectivity index (χ4v) is 9.27. The number of nitrogens with zero attached hydrogens (tertiary/aromatic N) is 2. The van der Waals surface area contributed by atoms with Gasteiger partial charge in [-0.3, -0.25) is 0 Å². The molecule has 10 aromatic carbocycles. The Bertz CT molecular complexity index is 3560. The molecule has 0 saturated heterocycles. The molecule has 3 heteroatoms. The number of aromatic nitrogens is 1. The molecule has 3 nitrogen and oxygen atoms in total. The van der Waals surface area contributed by atoms with Gasteiger partial charge in [-0.15, -0.1) is 0 Å². The van der Waals surface area contributed by atoms with Crippen LogP contribution >= 0.6 is 0 Å². The second-order valence-electron chi connectivity index (χ2n) is 15.7. The zero-order valence-electron chi connectivity index (χ0n) is 33.2. The normalized spacial score (nSPS) is 11.6. The van der Waals surface area contributed by atoms with Gasteiger partial charge in [-0.2, -0.15) is 0 Å². The maximum absolute atomic E-state index is 6.61. The zero-order valence-corrected chi connectivity index (χ0v) is 33.2. The van der Waals surface area contributed by atoms with Crippen LogP contribution in [0.5, 0.6) is 0 Å². The van der Waals surface area contributed by atoms with E-state index in [9.17, 15) is 0 Å². The van der Waals surface area contributed by atoms with Gasteiger partial charge in [-0.25, -0.2) is 0 Å². The minimum absolute atomic E-state index is 0.865. The van der Waals surface area contributed by atoms with E-state index in [4.69, 9.17) is 4.42 Å². The Kier molecular flexibility index (Phi) is 8.17. The van der Waals surface area contributed by atoms with Crippen molar-refractivity contribution in [3.8, 4) is 39.1 Å². The molecule has 0 saturated carbocycles. The molecular formula is C58H38N2O. The quantitative estimate of drug-likeness (QED) is 0.161. The van der Waals surface area contributed by atoms with Crippen LogP contribution in [0, 0.1) is 0 Å². The van der Waals surface area contributed by atoms with Gasteiger partial charge >= 0.3 is 0 Å².